The van der Waals surface area contributed by atoms with Gasteiger partial charge in [-0.1, -0.05) is 381 Å². The molecule has 0 aromatic carbocycles. The van der Waals surface area contributed by atoms with Crippen LogP contribution in [0.5, 0.6) is 0 Å². The van der Waals surface area contributed by atoms with Crippen molar-refractivity contribution in [2.75, 3.05) is 39.6 Å². The zero-order chi connectivity index (χ0) is 72.5. The fourth-order valence-corrected chi connectivity index (χ4v) is 14.0. The summed E-state index contributed by atoms with van der Waals surface area (Å²) in [6.45, 7) is 4.95. The number of hydrogen-bond acceptors (Lipinski definition) is 15. The lowest BCUT2D eigenvalue weighted by Crippen LogP contribution is -2.30. The van der Waals surface area contributed by atoms with Crippen LogP contribution in [0.1, 0.15) is 432 Å². The van der Waals surface area contributed by atoms with Crippen molar-refractivity contribution in [1.29, 1.82) is 0 Å². The van der Waals surface area contributed by atoms with Crippen molar-refractivity contribution in [3.63, 3.8) is 0 Å². The van der Waals surface area contributed by atoms with Crippen LogP contribution < -0.4 is 0 Å². The van der Waals surface area contributed by atoms with Gasteiger partial charge in [0.25, 0.3) is 0 Å². The molecule has 0 saturated heterocycles. The monoisotopic (exact) mass is 1450 g/mol. The van der Waals surface area contributed by atoms with Crippen LogP contribution in [-0.4, -0.2) is 96.7 Å². The van der Waals surface area contributed by atoms with E-state index in [0.717, 1.165) is 103 Å². The second-order valence-corrected chi connectivity index (χ2v) is 31.7. The van der Waals surface area contributed by atoms with Gasteiger partial charge in [-0.05, 0) is 25.7 Å². The first-order valence-corrected chi connectivity index (χ1v) is 44.8. The average molecular weight is 1450 g/mol. The normalized spacial score (nSPS) is 13.8. The number of esters is 4. The lowest BCUT2D eigenvalue weighted by Gasteiger charge is -2.21. The van der Waals surface area contributed by atoms with E-state index in [2.05, 4.69) is 27.7 Å². The van der Waals surface area contributed by atoms with Crippen LogP contribution in [0.25, 0.3) is 0 Å². The lowest BCUT2D eigenvalue weighted by atomic mass is 10.0. The number of rotatable bonds is 81. The maximum absolute atomic E-state index is 13.1. The summed E-state index contributed by atoms with van der Waals surface area (Å²) in [6, 6.07) is 0. The van der Waals surface area contributed by atoms with Gasteiger partial charge in [-0.25, -0.2) is 9.13 Å². The van der Waals surface area contributed by atoms with Crippen LogP contribution in [0.3, 0.4) is 0 Å². The molecular formula is C80H156O17P2. The van der Waals surface area contributed by atoms with Gasteiger partial charge in [-0.15, -0.1) is 0 Å². The van der Waals surface area contributed by atoms with Gasteiger partial charge in [0.15, 0.2) is 12.2 Å². The van der Waals surface area contributed by atoms with Crippen molar-refractivity contribution in [3.05, 3.63) is 0 Å². The molecule has 0 bridgehead atoms. The summed E-state index contributed by atoms with van der Waals surface area (Å²) < 4.78 is 68.5. The molecular weight excluding hydrogens is 1290 g/mol. The molecule has 0 aromatic heterocycles. The van der Waals surface area contributed by atoms with Crippen molar-refractivity contribution < 1.29 is 80.2 Å². The Balaban J connectivity index is 5.12. The first-order valence-electron chi connectivity index (χ1n) is 41.8. The Bertz CT molecular complexity index is 1880. The van der Waals surface area contributed by atoms with Gasteiger partial charge in [0, 0.05) is 25.7 Å². The van der Waals surface area contributed by atoms with Crippen LogP contribution >= 0.6 is 15.6 Å². The number of hydrogen-bond donors (Lipinski definition) is 3. The van der Waals surface area contributed by atoms with E-state index in [1.54, 1.807) is 0 Å². The molecule has 0 rings (SSSR count). The summed E-state index contributed by atoms with van der Waals surface area (Å²) in [4.78, 5) is 72.7. The Morgan fingerprint density at radius 2 is 0.404 bits per heavy atom. The average Bonchev–Trinajstić information content (AvgIpc) is 1.13. The van der Waals surface area contributed by atoms with Gasteiger partial charge in [-0.3, -0.25) is 37.3 Å². The van der Waals surface area contributed by atoms with Crippen LogP contribution in [0.15, 0.2) is 0 Å². The predicted molar refractivity (Wildman–Crippen MR) is 405 cm³/mol. The molecule has 19 heteroatoms. The Hall–Kier alpha value is -1.94. The maximum Gasteiger partial charge on any atom is 0.472 e. The molecule has 0 aromatic rings. The number of unbranched alkanes of at least 4 members (excludes halogenated alkanes) is 55. The van der Waals surface area contributed by atoms with E-state index < -0.39 is 97.5 Å². The van der Waals surface area contributed by atoms with Crippen LogP contribution in [-0.2, 0) is 65.4 Å². The highest BCUT2D eigenvalue weighted by Crippen LogP contribution is 2.45. The number of phosphoric acid groups is 2. The SMILES string of the molecule is CCCCCCCCCCCCCCCCCCCCCCCCC(=O)O[C@H](COC(=O)CCCCCCCCCCCCCCCCCCCCCC)COP(=O)(O)OC[C@@H](O)COP(=O)(O)OC[C@@H](COC(=O)CCCCCCCCC)OC(=O)CCCCCCCCCCCC. The van der Waals surface area contributed by atoms with Gasteiger partial charge >= 0.3 is 39.5 Å². The molecule has 0 fully saturated rings. The van der Waals surface area contributed by atoms with Crippen molar-refractivity contribution in [3.8, 4) is 0 Å². The molecule has 0 heterocycles. The third-order valence-electron chi connectivity index (χ3n) is 18.9. The molecule has 5 atom stereocenters. The van der Waals surface area contributed by atoms with E-state index in [-0.39, 0.29) is 25.7 Å². The number of aliphatic hydroxyl groups excluding tert-OH is 1. The number of phosphoric ester groups is 2. The molecule has 0 saturated carbocycles. The van der Waals surface area contributed by atoms with Crippen molar-refractivity contribution >= 4 is 39.5 Å². The number of carbonyl (C=O) groups is 4. The van der Waals surface area contributed by atoms with E-state index in [4.69, 9.17) is 37.0 Å². The van der Waals surface area contributed by atoms with Gasteiger partial charge in [0.05, 0.1) is 26.4 Å². The molecule has 0 aliphatic rings. The number of aliphatic hydroxyl groups is 1. The molecule has 99 heavy (non-hydrogen) atoms. The third kappa shape index (κ3) is 74.1. The molecule has 588 valence electrons. The first-order chi connectivity index (χ1) is 48.2. The van der Waals surface area contributed by atoms with Crippen molar-refractivity contribution in [1.82, 2.24) is 0 Å². The smallest absolute Gasteiger partial charge is 0.462 e. The Labute approximate surface area is 607 Å². The molecule has 0 aliphatic carbocycles. The van der Waals surface area contributed by atoms with E-state index in [1.165, 1.54) is 250 Å². The first kappa shape index (κ1) is 97.1. The maximum atomic E-state index is 13.1. The van der Waals surface area contributed by atoms with Gasteiger partial charge < -0.3 is 33.8 Å². The molecule has 0 aliphatic heterocycles. The minimum Gasteiger partial charge on any atom is -0.462 e. The summed E-state index contributed by atoms with van der Waals surface area (Å²) in [5, 5.41) is 10.6. The highest BCUT2D eigenvalue weighted by molar-refractivity contribution is 7.47. The van der Waals surface area contributed by atoms with E-state index in [9.17, 15) is 43.2 Å². The Morgan fingerprint density at radius 3 is 0.596 bits per heavy atom. The fraction of sp³-hybridized carbons (Fsp3) is 0.950. The quantitative estimate of drug-likeness (QED) is 0.0222. The second-order valence-electron chi connectivity index (χ2n) is 28.8. The molecule has 0 radical (unpaired) electrons. The largest absolute Gasteiger partial charge is 0.472 e. The predicted octanol–water partition coefficient (Wildman–Crippen LogP) is 24.2. The summed E-state index contributed by atoms with van der Waals surface area (Å²) in [7, 11) is -9.90. The minimum atomic E-state index is -4.96. The summed E-state index contributed by atoms with van der Waals surface area (Å²) in [5.41, 5.74) is 0. The van der Waals surface area contributed by atoms with Gasteiger partial charge in [-0.2, -0.15) is 0 Å². The number of ether oxygens (including phenoxy) is 4. The van der Waals surface area contributed by atoms with E-state index in [0.29, 0.717) is 25.7 Å². The molecule has 2 unspecified atom stereocenters. The highest BCUT2D eigenvalue weighted by Gasteiger charge is 2.30. The zero-order valence-electron chi connectivity index (χ0n) is 64.5. The molecule has 3 N–H and O–H groups in total. The van der Waals surface area contributed by atoms with Crippen LogP contribution in [0.2, 0.25) is 0 Å². The lowest BCUT2D eigenvalue weighted by molar-refractivity contribution is -0.161. The standard InChI is InChI=1S/C80H156O17P2/c1-5-9-13-17-21-24-27-29-31-33-35-37-38-40-42-44-46-48-51-55-59-63-67-80(85)97-76(71-91-78(83)65-61-57-53-50-47-45-43-41-39-36-34-32-30-28-25-22-18-14-10-6-2)73-95-99(88,89)93-69-74(81)68-92-98(86,87)94-72-75(70-90-77(82)64-60-56-52-20-16-12-8-4)96-79(84)66-62-58-54-49-26-23-19-15-11-7-3/h74-76,81H,5-73H2,1-4H3,(H,86,87)(H,88,89)/t74-,75+,76+/m0/s1. The Kier molecular flexibility index (Phi) is 72.9. The van der Waals surface area contributed by atoms with Crippen molar-refractivity contribution in [2.45, 2.75) is 451 Å². The summed E-state index contributed by atoms with van der Waals surface area (Å²) >= 11 is 0. The van der Waals surface area contributed by atoms with Crippen LogP contribution in [0.4, 0.5) is 0 Å². The zero-order valence-corrected chi connectivity index (χ0v) is 66.3. The van der Waals surface area contributed by atoms with E-state index in [1.807, 2.05) is 0 Å². The third-order valence-corrected chi connectivity index (χ3v) is 20.8. The van der Waals surface area contributed by atoms with Crippen molar-refractivity contribution in [2.24, 2.45) is 0 Å². The summed E-state index contributed by atoms with van der Waals surface area (Å²) in [5.74, 6) is -2.11. The Morgan fingerprint density at radius 1 is 0.242 bits per heavy atom. The molecule has 0 spiro atoms. The topological polar surface area (TPSA) is 237 Å². The van der Waals surface area contributed by atoms with Gasteiger partial charge in [0.1, 0.15) is 19.3 Å². The second kappa shape index (κ2) is 74.3. The summed E-state index contributed by atoms with van der Waals surface area (Å²) in [6.07, 6.45) is 67.1. The van der Waals surface area contributed by atoms with Gasteiger partial charge in [0.2, 0.25) is 0 Å². The number of carbonyl (C=O) groups excluding carboxylic acids is 4. The van der Waals surface area contributed by atoms with E-state index >= 15 is 0 Å². The molecule has 0 amide bonds. The molecule has 17 nitrogen and oxygen atoms in total. The highest BCUT2D eigenvalue weighted by atomic mass is 31.2. The fourth-order valence-electron chi connectivity index (χ4n) is 12.5. The minimum absolute atomic E-state index is 0.107. The van der Waals surface area contributed by atoms with Crippen LogP contribution in [0, 0.1) is 0 Å².